The van der Waals surface area contributed by atoms with Crippen molar-refractivity contribution in [2.75, 3.05) is 0 Å². The zero-order valence-corrected chi connectivity index (χ0v) is 11.8. The summed E-state index contributed by atoms with van der Waals surface area (Å²) in [4.78, 5) is 11.1. The number of ether oxygens (including phenoxy) is 2. The maximum absolute atomic E-state index is 11.1. The van der Waals surface area contributed by atoms with Crippen molar-refractivity contribution in [1.82, 2.24) is 0 Å². The van der Waals surface area contributed by atoms with Gasteiger partial charge in [0.15, 0.2) is 0 Å². The number of aliphatic hydroxyl groups is 1. The van der Waals surface area contributed by atoms with Crippen molar-refractivity contribution in [3.8, 4) is 0 Å². The number of hydrogen-bond acceptors (Lipinski definition) is 4. The largest absolute Gasteiger partial charge is 0.383 e. The molecule has 0 saturated carbocycles. The van der Waals surface area contributed by atoms with Crippen molar-refractivity contribution in [2.45, 2.75) is 64.1 Å². The fourth-order valence-electron chi connectivity index (χ4n) is 3.80. The van der Waals surface area contributed by atoms with E-state index in [1.807, 2.05) is 0 Å². The molecule has 0 aromatic heterocycles. The summed E-state index contributed by atoms with van der Waals surface area (Å²) in [5, 5.41) is 10.5. The Balaban J connectivity index is 1.99. The standard InChI is InChI=1S/C15H22O4/c1-9(2)11-4-5-14(3)7-12-10(8-16)6-13(17)15(14,18-11)19-12/h6,8-9,11-13,17H,4-5,7H2,1-3H3/t11-,12-,13-,14+,15-/m0/s1. The summed E-state index contributed by atoms with van der Waals surface area (Å²) in [7, 11) is 0. The molecule has 2 bridgehead atoms. The van der Waals surface area contributed by atoms with E-state index in [1.54, 1.807) is 6.08 Å². The average Bonchev–Trinajstić information content (AvgIpc) is 2.63. The Labute approximate surface area is 113 Å². The zero-order chi connectivity index (χ0) is 13.8. The second-order valence-electron chi connectivity index (χ2n) is 6.71. The summed E-state index contributed by atoms with van der Waals surface area (Å²) < 4.78 is 12.2. The smallest absolute Gasteiger partial charge is 0.204 e. The van der Waals surface area contributed by atoms with E-state index in [2.05, 4.69) is 20.8 Å². The van der Waals surface area contributed by atoms with Gasteiger partial charge in [-0.05, 0) is 31.3 Å². The number of aldehydes is 1. The van der Waals surface area contributed by atoms with Crippen molar-refractivity contribution in [3.05, 3.63) is 11.6 Å². The Morgan fingerprint density at radius 3 is 2.84 bits per heavy atom. The molecule has 0 aromatic carbocycles. The number of rotatable bonds is 2. The van der Waals surface area contributed by atoms with E-state index in [0.717, 1.165) is 25.5 Å². The van der Waals surface area contributed by atoms with Crippen molar-refractivity contribution in [2.24, 2.45) is 11.3 Å². The van der Waals surface area contributed by atoms with Crippen LogP contribution in [0.3, 0.4) is 0 Å². The molecule has 2 fully saturated rings. The van der Waals surface area contributed by atoms with Crippen LogP contribution in [0.25, 0.3) is 0 Å². The van der Waals surface area contributed by atoms with Crippen LogP contribution in [0.15, 0.2) is 11.6 Å². The summed E-state index contributed by atoms with van der Waals surface area (Å²) in [5.74, 6) is -0.567. The summed E-state index contributed by atoms with van der Waals surface area (Å²) >= 11 is 0. The molecular formula is C15H22O4. The lowest BCUT2D eigenvalue weighted by molar-refractivity contribution is -0.343. The fourth-order valence-corrected chi connectivity index (χ4v) is 3.80. The molecule has 106 valence electrons. The minimum atomic E-state index is -0.961. The number of aliphatic hydroxyl groups excluding tert-OH is 1. The van der Waals surface area contributed by atoms with Gasteiger partial charge in [0.05, 0.1) is 12.2 Å². The van der Waals surface area contributed by atoms with E-state index in [4.69, 9.17) is 9.47 Å². The van der Waals surface area contributed by atoms with Crippen LogP contribution >= 0.6 is 0 Å². The third kappa shape index (κ3) is 1.66. The molecule has 0 aliphatic carbocycles. The molecule has 4 heteroatoms. The van der Waals surface area contributed by atoms with Gasteiger partial charge < -0.3 is 14.6 Å². The number of carbonyl (C=O) groups is 1. The molecule has 5 atom stereocenters. The molecule has 0 unspecified atom stereocenters. The average molecular weight is 266 g/mol. The van der Waals surface area contributed by atoms with Gasteiger partial charge in [0.25, 0.3) is 0 Å². The van der Waals surface area contributed by atoms with Crippen LogP contribution in [0, 0.1) is 11.3 Å². The van der Waals surface area contributed by atoms with Crippen LogP contribution in [-0.2, 0) is 14.3 Å². The highest BCUT2D eigenvalue weighted by Gasteiger charge is 2.66. The molecule has 3 heterocycles. The van der Waals surface area contributed by atoms with Crippen LogP contribution < -0.4 is 0 Å². The first-order valence-corrected chi connectivity index (χ1v) is 7.12. The van der Waals surface area contributed by atoms with Crippen molar-refractivity contribution >= 4 is 6.29 Å². The van der Waals surface area contributed by atoms with Gasteiger partial charge in [-0.15, -0.1) is 0 Å². The molecule has 3 aliphatic heterocycles. The van der Waals surface area contributed by atoms with Gasteiger partial charge in [0.2, 0.25) is 5.79 Å². The highest BCUT2D eigenvalue weighted by atomic mass is 16.7. The van der Waals surface area contributed by atoms with Crippen LogP contribution in [0.2, 0.25) is 0 Å². The highest BCUT2D eigenvalue weighted by molar-refractivity contribution is 5.75. The lowest BCUT2D eigenvalue weighted by atomic mass is 9.71. The van der Waals surface area contributed by atoms with Crippen LogP contribution in [-0.4, -0.2) is 35.5 Å². The Hall–Kier alpha value is -0.710. The SMILES string of the molecule is CC(C)[C@@H]1CC[C@]2(C)C[C@@H]3O[C@@]2(O1)[C@@H](O)C=C3C=O. The van der Waals surface area contributed by atoms with Crippen molar-refractivity contribution in [1.29, 1.82) is 0 Å². The van der Waals surface area contributed by atoms with Crippen molar-refractivity contribution < 1.29 is 19.4 Å². The molecular weight excluding hydrogens is 244 g/mol. The topological polar surface area (TPSA) is 55.8 Å². The van der Waals surface area contributed by atoms with E-state index in [-0.39, 0.29) is 17.6 Å². The van der Waals surface area contributed by atoms with E-state index in [0.29, 0.717) is 11.5 Å². The summed E-state index contributed by atoms with van der Waals surface area (Å²) in [6.07, 6.45) is 4.12. The summed E-state index contributed by atoms with van der Waals surface area (Å²) in [5.41, 5.74) is 0.336. The van der Waals surface area contributed by atoms with Gasteiger partial charge in [-0.25, -0.2) is 0 Å². The maximum Gasteiger partial charge on any atom is 0.204 e. The second kappa shape index (κ2) is 4.14. The zero-order valence-electron chi connectivity index (χ0n) is 11.8. The molecule has 0 radical (unpaired) electrons. The van der Waals surface area contributed by atoms with Gasteiger partial charge in [-0.3, -0.25) is 4.79 Å². The van der Waals surface area contributed by atoms with Crippen LogP contribution in [0.1, 0.15) is 40.0 Å². The predicted molar refractivity (Wildman–Crippen MR) is 69.4 cm³/mol. The second-order valence-corrected chi connectivity index (χ2v) is 6.71. The number of carbonyl (C=O) groups excluding carboxylic acids is 1. The first-order chi connectivity index (χ1) is 8.92. The van der Waals surface area contributed by atoms with Gasteiger partial charge in [-0.1, -0.05) is 20.8 Å². The number of hydrogen-bond donors (Lipinski definition) is 1. The molecule has 0 amide bonds. The molecule has 4 nitrogen and oxygen atoms in total. The predicted octanol–water partition coefficient (Wildman–Crippen LogP) is 1.81. The van der Waals surface area contributed by atoms with Gasteiger partial charge in [-0.2, -0.15) is 0 Å². The third-order valence-electron chi connectivity index (χ3n) is 5.09. The highest BCUT2D eigenvalue weighted by Crippen LogP contribution is 2.59. The van der Waals surface area contributed by atoms with E-state index in [1.165, 1.54) is 0 Å². The molecule has 3 rings (SSSR count). The minimum absolute atomic E-state index is 0.104. The lowest BCUT2D eigenvalue weighted by Gasteiger charge is -2.51. The first kappa shape index (κ1) is 13.3. The Bertz CT molecular complexity index is 430. The maximum atomic E-state index is 11.1. The molecule has 19 heavy (non-hydrogen) atoms. The minimum Gasteiger partial charge on any atom is -0.383 e. The summed E-state index contributed by atoms with van der Waals surface area (Å²) in [6, 6.07) is 0. The van der Waals surface area contributed by atoms with Gasteiger partial charge in [0.1, 0.15) is 12.4 Å². The van der Waals surface area contributed by atoms with Crippen LogP contribution in [0.5, 0.6) is 0 Å². The Morgan fingerprint density at radius 2 is 2.21 bits per heavy atom. The molecule has 3 aliphatic rings. The molecule has 0 aromatic rings. The Morgan fingerprint density at radius 1 is 1.47 bits per heavy atom. The third-order valence-corrected chi connectivity index (χ3v) is 5.09. The van der Waals surface area contributed by atoms with Gasteiger partial charge >= 0.3 is 0 Å². The summed E-state index contributed by atoms with van der Waals surface area (Å²) in [6.45, 7) is 6.35. The molecule has 2 saturated heterocycles. The van der Waals surface area contributed by atoms with Crippen LogP contribution in [0.4, 0.5) is 0 Å². The normalized spacial score (nSPS) is 48.9. The number of fused-ring (bicyclic) bond motifs is 1. The quantitative estimate of drug-likeness (QED) is 0.774. The van der Waals surface area contributed by atoms with E-state index < -0.39 is 11.9 Å². The van der Waals surface area contributed by atoms with Crippen molar-refractivity contribution in [3.63, 3.8) is 0 Å². The van der Waals surface area contributed by atoms with Gasteiger partial charge in [0, 0.05) is 11.0 Å². The Kier molecular flexibility index (Phi) is 2.89. The molecule has 1 N–H and O–H groups in total. The van der Waals surface area contributed by atoms with E-state index >= 15 is 0 Å². The molecule has 1 spiro atoms. The van der Waals surface area contributed by atoms with E-state index in [9.17, 15) is 9.90 Å². The first-order valence-electron chi connectivity index (χ1n) is 7.12. The monoisotopic (exact) mass is 266 g/mol. The fraction of sp³-hybridized carbons (Fsp3) is 0.800. The lowest BCUT2D eigenvalue weighted by Crippen LogP contribution is -2.60.